The molecule has 2 N–H and O–H groups in total. The van der Waals surface area contributed by atoms with Crippen LogP contribution in [0.15, 0.2) is 30.5 Å². The van der Waals surface area contributed by atoms with Crippen LogP contribution in [0.2, 0.25) is 0 Å². The molecule has 1 saturated carbocycles. The van der Waals surface area contributed by atoms with Crippen LogP contribution in [0, 0.1) is 5.92 Å². The molecule has 1 aliphatic carbocycles. The molecule has 0 unspecified atom stereocenters. The molecule has 3 aromatic rings. The maximum atomic E-state index is 12.6. The van der Waals surface area contributed by atoms with Gasteiger partial charge < -0.3 is 18.4 Å². The summed E-state index contributed by atoms with van der Waals surface area (Å²) in [5.41, 5.74) is 1.82. The Bertz CT molecular complexity index is 1120. The third-order valence-corrected chi connectivity index (χ3v) is 7.15. The van der Waals surface area contributed by atoms with E-state index in [9.17, 15) is 4.79 Å². The number of nitrogens with zero attached hydrogens (tertiary/aromatic N) is 5. The molecule has 2 atom stereocenters. The van der Waals surface area contributed by atoms with Gasteiger partial charge in [-0.3, -0.25) is 4.79 Å². The summed E-state index contributed by atoms with van der Waals surface area (Å²) in [6.07, 6.45) is 4.90. The molecule has 1 aromatic carbocycles. The molecular formula is C23H30IN7O3. The van der Waals surface area contributed by atoms with E-state index < -0.39 is 0 Å². The van der Waals surface area contributed by atoms with E-state index in [1.165, 1.54) is 0 Å². The molecule has 1 aliphatic rings. The minimum absolute atomic E-state index is 0.0130. The van der Waals surface area contributed by atoms with Crippen molar-refractivity contribution in [3.05, 3.63) is 30.5 Å². The molecule has 0 radical (unpaired) electrons. The lowest BCUT2D eigenvalue weighted by atomic mass is 10.0. The first kappa shape index (κ1) is 24.6. The molecule has 0 aliphatic heterocycles. The van der Waals surface area contributed by atoms with E-state index >= 15 is 0 Å². The van der Waals surface area contributed by atoms with Crippen LogP contribution in [0.3, 0.4) is 0 Å². The molecule has 10 nitrogen and oxygen atoms in total. The number of ether oxygens (including phenoxy) is 1. The Morgan fingerprint density at radius 2 is 2.06 bits per heavy atom. The maximum Gasteiger partial charge on any atom is 0.225 e. The molecule has 0 bridgehead atoms. The van der Waals surface area contributed by atoms with E-state index in [4.69, 9.17) is 7.80 Å². The molecular weight excluding hydrogens is 549 g/mol. The first-order valence-electron chi connectivity index (χ1n) is 11.5. The van der Waals surface area contributed by atoms with Gasteiger partial charge in [0, 0.05) is 18.5 Å². The highest BCUT2D eigenvalue weighted by Gasteiger charge is 2.30. The van der Waals surface area contributed by atoms with Gasteiger partial charge in [0.25, 0.3) is 0 Å². The van der Waals surface area contributed by atoms with Crippen LogP contribution < -0.4 is 15.4 Å². The van der Waals surface area contributed by atoms with Crippen LogP contribution in [-0.2, 0) is 7.86 Å². The summed E-state index contributed by atoms with van der Waals surface area (Å²) in [6, 6.07) is 7.76. The summed E-state index contributed by atoms with van der Waals surface area (Å²) in [6.45, 7) is 7.19. The number of aromatic nitrogens is 5. The number of benzene rings is 1. The van der Waals surface area contributed by atoms with Gasteiger partial charge in [-0.2, -0.15) is 9.67 Å². The summed E-state index contributed by atoms with van der Waals surface area (Å²) in [7, 11) is 0. The van der Waals surface area contributed by atoms with Crippen molar-refractivity contribution in [3.8, 4) is 11.4 Å². The number of carbonyl (C=O) groups excluding carboxylic acids is 1. The molecule has 11 heteroatoms. The van der Waals surface area contributed by atoms with Crippen molar-refractivity contribution >= 4 is 46.0 Å². The number of halogens is 1. The van der Waals surface area contributed by atoms with Crippen LogP contribution in [0.1, 0.15) is 46.5 Å². The maximum absolute atomic E-state index is 12.6. The standard InChI is InChI=1S/C23H30IN7O3/c1-4-33-18-9-7-17(8-10-18)31-20-19(29-30-31)14-26-22(28-20)27-16-6-5-15(13-16)21(32)25-12-11-23(2,3)34-24/h7-10,14-16H,4-6,11-13H2,1-3H3,(H,25,32)(H,26,27,28)/t15-,16-/m1/s1. The zero-order valence-corrected chi connectivity index (χ0v) is 21.8. The van der Waals surface area contributed by atoms with Crippen LogP contribution >= 0.6 is 23.0 Å². The fourth-order valence-electron chi connectivity index (χ4n) is 4.02. The van der Waals surface area contributed by atoms with Crippen molar-refractivity contribution in [2.45, 2.75) is 58.1 Å². The fraction of sp³-hybridized carbons (Fsp3) is 0.522. The van der Waals surface area contributed by atoms with Gasteiger partial charge in [-0.05, 0) is 70.7 Å². The topological polar surface area (TPSA) is 116 Å². The molecule has 1 amide bonds. The molecule has 1 fully saturated rings. The van der Waals surface area contributed by atoms with Gasteiger partial charge in [-0.1, -0.05) is 5.21 Å². The lowest BCUT2D eigenvalue weighted by Crippen LogP contribution is -2.34. The van der Waals surface area contributed by atoms with Crippen molar-refractivity contribution < 1.29 is 12.6 Å². The number of hydrogen-bond donors (Lipinski definition) is 2. The van der Waals surface area contributed by atoms with Crippen molar-refractivity contribution in [1.82, 2.24) is 30.3 Å². The first-order chi connectivity index (χ1) is 16.4. The lowest BCUT2D eigenvalue weighted by molar-refractivity contribution is -0.124. The second-order valence-corrected chi connectivity index (χ2v) is 9.50. The summed E-state index contributed by atoms with van der Waals surface area (Å²) in [5, 5.41) is 14.9. The van der Waals surface area contributed by atoms with Crippen molar-refractivity contribution in [2.75, 3.05) is 18.5 Å². The molecule has 4 rings (SSSR count). The molecule has 2 aromatic heterocycles. The first-order valence-corrected chi connectivity index (χ1v) is 12.4. The Hall–Kier alpha value is -2.54. The van der Waals surface area contributed by atoms with E-state index in [1.54, 1.807) is 10.9 Å². The molecule has 0 spiro atoms. The third kappa shape index (κ3) is 5.93. The number of carbonyl (C=O) groups is 1. The Morgan fingerprint density at radius 3 is 2.79 bits per heavy atom. The highest BCUT2D eigenvalue weighted by molar-refractivity contribution is 14.1. The summed E-state index contributed by atoms with van der Waals surface area (Å²) >= 11 is 1.91. The van der Waals surface area contributed by atoms with E-state index in [0.717, 1.165) is 37.1 Å². The monoisotopic (exact) mass is 579 g/mol. The summed E-state index contributed by atoms with van der Waals surface area (Å²) in [5.74, 6) is 1.40. The van der Waals surface area contributed by atoms with E-state index in [1.807, 2.05) is 68.0 Å². The van der Waals surface area contributed by atoms with E-state index in [-0.39, 0.29) is 23.5 Å². The lowest BCUT2D eigenvalue weighted by Gasteiger charge is -2.21. The van der Waals surface area contributed by atoms with Gasteiger partial charge in [-0.15, -0.1) is 5.10 Å². The Labute approximate surface area is 212 Å². The zero-order valence-electron chi connectivity index (χ0n) is 19.6. The Balaban J connectivity index is 1.37. The van der Waals surface area contributed by atoms with Gasteiger partial charge in [0.05, 0.1) is 24.1 Å². The van der Waals surface area contributed by atoms with E-state index in [2.05, 4.69) is 30.9 Å². The van der Waals surface area contributed by atoms with E-state index in [0.29, 0.717) is 30.3 Å². The number of nitrogens with one attached hydrogen (secondary N) is 2. The average Bonchev–Trinajstić information content (AvgIpc) is 3.47. The predicted molar refractivity (Wildman–Crippen MR) is 137 cm³/mol. The summed E-state index contributed by atoms with van der Waals surface area (Å²) < 4.78 is 12.6. The number of fused-ring (bicyclic) bond motifs is 1. The van der Waals surface area contributed by atoms with Crippen LogP contribution in [0.25, 0.3) is 16.9 Å². The highest BCUT2D eigenvalue weighted by atomic mass is 127. The average molecular weight is 579 g/mol. The molecule has 182 valence electrons. The van der Waals surface area contributed by atoms with Crippen LogP contribution in [0.4, 0.5) is 5.95 Å². The van der Waals surface area contributed by atoms with Gasteiger partial charge in [-0.25, -0.2) is 4.98 Å². The Morgan fingerprint density at radius 1 is 1.26 bits per heavy atom. The van der Waals surface area contributed by atoms with Crippen LogP contribution in [0.5, 0.6) is 5.75 Å². The molecule has 2 heterocycles. The van der Waals surface area contributed by atoms with Crippen molar-refractivity contribution in [1.29, 1.82) is 0 Å². The number of rotatable bonds is 10. The minimum atomic E-state index is -0.254. The minimum Gasteiger partial charge on any atom is -0.494 e. The third-order valence-electron chi connectivity index (χ3n) is 5.96. The smallest absolute Gasteiger partial charge is 0.225 e. The fourth-order valence-corrected chi connectivity index (χ4v) is 4.24. The normalized spacial score (nSPS) is 18.2. The SMILES string of the molecule is CCOc1ccc(-n2nnc3cnc(N[C@@H]4CC[C@@H](C(=O)NCCC(C)(C)OI)C4)nc32)cc1. The zero-order chi connectivity index (χ0) is 24.1. The second-order valence-electron chi connectivity index (χ2n) is 9.06. The summed E-state index contributed by atoms with van der Waals surface area (Å²) in [4.78, 5) is 21.6. The Kier molecular flexibility index (Phi) is 7.81. The molecule has 0 saturated heterocycles. The predicted octanol–water partition coefficient (Wildman–Crippen LogP) is 3.84. The molecule has 34 heavy (non-hydrogen) atoms. The largest absolute Gasteiger partial charge is 0.494 e. The van der Waals surface area contributed by atoms with Crippen LogP contribution in [-0.4, -0.2) is 55.7 Å². The number of hydrogen-bond acceptors (Lipinski definition) is 8. The van der Waals surface area contributed by atoms with Gasteiger partial charge in [0.1, 0.15) is 28.8 Å². The number of anilines is 1. The van der Waals surface area contributed by atoms with Gasteiger partial charge >= 0.3 is 0 Å². The van der Waals surface area contributed by atoms with Gasteiger partial charge in [0.2, 0.25) is 11.9 Å². The highest BCUT2D eigenvalue weighted by Crippen LogP contribution is 2.28. The van der Waals surface area contributed by atoms with Gasteiger partial charge in [0.15, 0.2) is 11.2 Å². The van der Waals surface area contributed by atoms with Crippen molar-refractivity contribution in [3.63, 3.8) is 0 Å². The van der Waals surface area contributed by atoms with Crippen molar-refractivity contribution in [2.24, 2.45) is 5.92 Å². The number of amides is 1. The quantitative estimate of drug-likeness (QED) is 0.348. The second kappa shape index (κ2) is 10.8.